The van der Waals surface area contributed by atoms with E-state index in [4.69, 9.17) is 10.1 Å². The molecule has 0 aliphatic carbocycles. The quantitative estimate of drug-likeness (QED) is 0.606. The predicted octanol–water partition coefficient (Wildman–Crippen LogP) is 0.386. The fourth-order valence-corrected chi connectivity index (χ4v) is 1.91. The van der Waals surface area contributed by atoms with Crippen molar-refractivity contribution in [3.63, 3.8) is 0 Å². The second kappa shape index (κ2) is 4.45. The van der Waals surface area contributed by atoms with Crippen LogP contribution in [0, 0.1) is 11.3 Å². The lowest BCUT2D eigenvalue weighted by molar-refractivity contribution is -0.225. The van der Waals surface area contributed by atoms with E-state index >= 15 is 0 Å². The van der Waals surface area contributed by atoms with Crippen molar-refractivity contribution in [3.8, 4) is 5.75 Å². The Bertz CT molecular complexity index is 459. The van der Waals surface area contributed by atoms with Crippen LogP contribution < -0.4 is 14.7 Å². The van der Waals surface area contributed by atoms with Crippen LogP contribution in [0.15, 0.2) is 24.3 Å². The maximum atomic E-state index is 11.7. The third-order valence-corrected chi connectivity index (χ3v) is 2.86. The second-order valence-electron chi connectivity index (χ2n) is 3.97. The molecule has 0 radical (unpaired) electrons. The first-order valence-corrected chi connectivity index (χ1v) is 5.31. The smallest absolute Gasteiger partial charge is 0.227 e. The van der Waals surface area contributed by atoms with Crippen LogP contribution in [0.5, 0.6) is 5.75 Å². The van der Waals surface area contributed by atoms with Crippen molar-refractivity contribution in [3.05, 3.63) is 24.3 Å². The predicted molar refractivity (Wildman–Crippen MR) is 61.2 cm³/mol. The fourth-order valence-electron chi connectivity index (χ4n) is 1.91. The standard InChI is InChI=1S/C12H14N2O3/c1-17-10-4-2-3-9(6-10)14-7-8(12(13)16)5-11(14)15/h2-4,6,8H,5,7H2,1H3,(H2,13,16)/p-1. The number of rotatable bonds is 3. The summed E-state index contributed by atoms with van der Waals surface area (Å²) >= 11 is 0. The summed E-state index contributed by atoms with van der Waals surface area (Å²) in [5.74, 6) is -0.641. The molecule has 1 aromatic carbocycles. The van der Waals surface area contributed by atoms with E-state index in [0.29, 0.717) is 11.4 Å². The number of benzene rings is 1. The van der Waals surface area contributed by atoms with Crippen LogP contribution in [0.3, 0.4) is 0 Å². The van der Waals surface area contributed by atoms with Gasteiger partial charge >= 0.3 is 0 Å². The molecule has 0 spiro atoms. The van der Waals surface area contributed by atoms with Crippen molar-refractivity contribution >= 4 is 17.5 Å². The minimum absolute atomic E-state index is 0.121. The van der Waals surface area contributed by atoms with E-state index in [1.807, 2.05) is 0 Å². The molecule has 1 aliphatic heterocycles. The van der Waals surface area contributed by atoms with E-state index in [-0.39, 0.29) is 18.9 Å². The molecule has 5 heteroatoms. The zero-order valence-electron chi connectivity index (χ0n) is 9.47. The van der Waals surface area contributed by atoms with Gasteiger partial charge in [0.25, 0.3) is 0 Å². The van der Waals surface area contributed by atoms with E-state index < -0.39 is 11.8 Å². The maximum Gasteiger partial charge on any atom is 0.227 e. The van der Waals surface area contributed by atoms with Gasteiger partial charge in [0.15, 0.2) is 0 Å². The number of nitrogens with one attached hydrogen (secondary N) is 1. The Balaban J connectivity index is 2.22. The molecule has 1 atom stereocenters. The molecule has 1 amide bonds. The Hall–Kier alpha value is -2.04. The molecule has 1 fully saturated rings. The molecule has 90 valence electrons. The van der Waals surface area contributed by atoms with Crippen LogP contribution in [-0.2, 0) is 4.79 Å². The summed E-state index contributed by atoms with van der Waals surface area (Å²) in [6.45, 7) is 0.286. The van der Waals surface area contributed by atoms with Crippen LogP contribution in [0.2, 0.25) is 0 Å². The summed E-state index contributed by atoms with van der Waals surface area (Å²) in [5, 5.41) is 18.0. The average molecular weight is 233 g/mol. The number of ether oxygens (including phenoxy) is 1. The van der Waals surface area contributed by atoms with Crippen LogP contribution in [-0.4, -0.2) is 25.5 Å². The number of hydrogen-bond donors (Lipinski definition) is 1. The minimum atomic E-state index is -0.677. The van der Waals surface area contributed by atoms with Crippen LogP contribution in [0.4, 0.5) is 5.69 Å². The van der Waals surface area contributed by atoms with Gasteiger partial charge in [0, 0.05) is 30.6 Å². The van der Waals surface area contributed by atoms with Crippen LogP contribution >= 0.6 is 0 Å². The van der Waals surface area contributed by atoms with Gasteiger partial charge in [-0.1, -0.05) is 6.07 Å². The Morgan fingerprint density at radius 3 is 2.94 bits per heavy atom. The van der Waals surface area contributed by atoms with Crippen molar-refractivity contribution in [1.29, 1.82) is 5.41 Å². The lowest BCUT2D eigenvalue weighted by atomic mass is 10.1. The number of nitrogens with zero attached hydrogens (tertiary/aromatic N) is 1. The van der Waals surface area contributed by atoms with E-state index in [9.17, 15) is 9.90 Å². The summed E-state index contributed by atoms with van der Waals surface area (Å²) in [4.78, 5) is 13.3. The summed E-state index contributed by atoms with van der Waals surface area (Å²) in [6.07, 6.45) is 0.125. The molecule has 0 aromatic heterocycles. The van der Waals surface area contributed by atoms with Gasteiger partial charge in [-0.2, -0.15) is 0 Å². The van der Waals surface area contributed by atoms with Crippen molar-refractivity contribution in [2.75, 3.05) is 18.6 Å². The van der Waals surface area contributed by atoms with Gasteiger partial charge in [-0.15, -0.1) is 0 Å². The number of carbonyl (C=O) groups is 1. The fraction of sp³-hybridized carbons (Fsp3) is 0.333. The summed E-state index contributed by atoms with van der Waals surface area (Å²) in [6, 6.07) is 7.11. The number of carbonyl (C=O) groups excluding carboxylic acids is 1. The molecule has 1 unspecified atom stereocenters. The molecule has 1 heterocycles. The maximum absolute atomic E-state index is 11.7. The molecule has 1 aromatic rings. The molecule has 2 rings (SSSR count). The first-order chi connectivity index (χ1) is 8.11. The first-order valence-electron chi connectivity index (χ1n) is 5.31. The zero-order chi connectivity index (χ0) is 12.4. The number of anilines is 1. The monoisotopic (exact) mass is 233 g/mol. The number of amides is 1. The van der Waals surface area contributed by atoms with E-state index in [1.54, 1.807) is 31.4 Å². The summed E-state index contributed by atoms with van der Waals surface area (Å²) < 4.78 is 5.08. The molecule has 5 nitrogen and oxygen atoms in total. The van der Waals surface area contributed by atoms with Gasteiger partial charge in [0.1, 0.15) is 5.75 Å². The Kier molecular flexibility index (Phi) is 2.99. The van der Waals surface area contributed by atoms with Gasteiger partial charge in [-0.3, -0.25) is 4.79 Å². The second-order valence-corrected chi connectivity index (χ2v) is 3.97. The molecule has 1 aliphatic rings. The molecular formula is C12H13N2O3-. The topological polar surface area (TPSA) is 76.4 Å². The number of hydrogen-bond acceptors (Lipinski definition) is 4. The van der Waals surface area contributed by atoms with Crippen molar-refractivity contribution in [2.24, 2.45) is 5.92 Å². The van der Waals surface area contributed by atoms with Crippen molar-refractivity contribution in [2.45, 2.75) is 6.42 Å². The highest BCUT2D eigenvalue weighted by molar-refractivity contribution is 5.99. The van der Waals surface area contributed by atoms with Gasteiger partial charge in [-0.05, 0) is 18.0 Å². The minimum Gasteiger partial charge on any atom is -0.862 e. The van der Waals surface area contributed by atoms with E-state index in [1.165, 1.54) is 4.90 Å². The Morgan fingerprint density at radius 1 is 1.59 bits per heavy atom. The van der Waals surface area contributed by atoms with Crippen molar-refractivity contribution < 1.29 is 14.6 Å². The van der Waals surface area contributed by atoms with Gasteiger partial charge in [0.2, 0.25) is 5.91 Å². The van der Waals surface area contributed by atoms with E-state index in [0.717, 1.165) is 0 Å². The molecule has 1 saturated heterocycles. The lowest BCUT2D eigenvalue weighted by Crippen LogP contribution is -2.30. The Morgan fingerprint density at radius 2 is 2.35 bits per heavy atom. The van der Waals surface area contributed by atoms with Crippen molar-refractivity contribution in [1.82, 2.24) is 0 Å². The van der Waals surface area contributed by atoms with Crippen LogP contribution in [0.1, 0.15) is 6.42 Å². The SMILES string of the molecule is COc1cccc(N2CC(C(=N)[O-])CC2=O)c1. The molecule has 1 N–H and O–H groups in total. The normalized spacial score (nSPS) is 19.5. The summed E-state index contributed by atoms with van der Waals surface area (Å²) in [5.41, 5.74) is 0.707. The molecular weight excluding hydrogens is 220 g/mol. The molecule has 0 bridgehead atoms. The van der Waals surface area contributed by atoms with Crippen LogP contribution in [0.25, 0.3) is 0 Å². The van der Waals surface area contributed by atoms with Gasteiger partial charge in [0.05, 0.1) is 7.11 Å². The number of methoxy groups -OCH3 is 1. The van der Waals surface area contributed by atoms with E-state index in [2.05, 4.69) is 0 Å². The highest BCUT2D eigenvalue weighted by Crippen LogP contribution is 2.27. The van der Waals surface area contributed by atoms with Gasteiger partial charge in [-0.25, -0.2) is 0 Å². The Labute approximate surface area is 99.1 Å². The highest BCUT2D eigenvalue weighted by atomic mass is 16.5. The first kappa shape index (κ1) is 11.4. The zero-order valence-corrected chi connectivity index (χ0v) is 9.47. The third kappa shape index (κ3) is 2.22. The van der Waals surface area contributed by atoms with Gasteiger partial charge < -0.3 is 20.2 Å². The molecule has 17 heavy (non-hydrogen) atoms. The average Bonchev–Trinajstić information content (AvgIpc) is 2.72. The third-order valence-electron chi connectivity index (χ3n) is 2.86. The summed E-state index contributed by atoms with van der Waals surface area (Å²) in [7, 11) is 1.56. The lowest BCUT2D eigenvalue weighted by Gasteiger charge is -2.19. The highest BCUT2D eigenvalue weighted by Gasteiger charge is 2.30. The largest absolute Gasteiger partial charge is 0.862 e. The molecule has 0 saturated carbocycles.